The Hall–Kier alpha value is -2.47. The van der Waals surface area contributed by atoms with E-state index < -0.39 is 0 Å². The van der Waals surface area contributed by atoms with Crippen molar-refractivity contribution in [2.75, 3.05) is 11.9 Å². The van der Waals surface area contributed by atoms with Gasteiger partial charge in [0, 0.05) is 0 Å². The molecule has 0 radical (unpaired) electrons. The summed E-state index contributed by atoms with van der Waals surface area (Å²) in [7, 11) is 0. The molecule has 0 bridgehead atoms. The highest BCUT2D eigenvalue weighted by Crippen LogP contribution is 2.35. The van der Waals surface area contributed by atoms with E-state index in [-0.39, 0.29) is 12.0 Å². The summed E-state index contributed by atoms with van der Waals surface area (Å²) in [5, 5.41) is 4.36. The SMILES string of the molecule is CCOC(=O)c1sc2ncnc(NC(C)c3ccccc3C)c2c1C. The van der Waals surface area contributed by atoms with E-state index in [4.69, 9.17) is 4.74 Å². The molecule has 0 aliphatic rings. The monoisotopic (exact) mass is 355 g/mol. The van der Waals surface area contributed by atoms with Gasteiger partial charge in [-0.1, -0.05) is 24.3 Å². The average molecular weight is 355 g/mol. The number of nitrogens with one attached hydrogen (secondary N) is 1. The number of nitrogens with zero attached hydrogens (tertiary/aromatic N) is 2. The van der Waals surface area contributed by atoms with Gasteiger partial charge in [0.2, 0.25) is 0 Å². The number of rotatable bonds is 5. The van der Waals surface area contributed by atoms with Crippen LogP contribution in [-0.4, -0.2) is 22.5 Å². The van der Waals surface area contributed by atoms with Crippen LogP contribution in [0.2, 0.25) is 0 Å². The van der Waals surface area contributed by atoms with Gasteiger partial charge < -0.3 is 10.1 Å². The molecular weight excluding hydrogens is 334 g/mol. The molecule has 0 saturated heterocycles. The second-order valence-corrected chi connectivity index (χ2v) is 6.90. The summed E-state index contributed by atoms with van der Waals surface area (Å²) < 4.78 is 5.15. The van der Waals surface area contributed by atoms with Gasteiger partial charge in [-0.3, -0.25) is 0 Å². The molecule has 1 N–H and O–H groups in total. The van der Waals surface area contributed by atoms with E-state index in [0.717, 1.165) is 21.6 Å². The van der Waals surface area contributed by atoms with Gasteiger partial charge in [0.15, 0.2) is 0 Å². The highest BCUT2D eigenvalue weighted by atomic mass is 32.1. The number of thiophene rings is 1. The molecule has 0 amide bonds. The number of aryl methyl sites for hydroxylation is 2. The van der Waals surface area contributed by atoms with E-state index in [9.17, 15) is 4.79 Å². The number of anilines is 1. The minimum Gasteiger partial charge on any atom is -0.462 e. The number of carbonyl (C=O) groups is 1. The Morgan fingerprint density at radius 3 is 2.76 bits per heavy atom. The van der Waals surface area contributed by atoms with E-state index in [2.05, 4.69) is 41.3 Å². The number of ether oxygens (including phenoxy) is 1. The van der Waals surface area contributed by atoms with Gasteiger partial charge in [0.1, 0.15) is 21.9 Å². The Labute approximate surface area is 151 Å². The smallest absolute Gasteiger partial charge is 0.348 e. The van der Waals surface area contributed by atoms with Gasteiger partial charge >= 0.3 is 5.97 Å². The van der Waals surface area contributed by atoms with Crippen LogP contribution in [-0.2, 0) is 4.74 Å². The first kappa shape index (κ1) is 17.4. The van der Waals surface area contributed by atoms with Crippen LogP contribution in [0.1, 0.15) is 46.3 Å². The fourth-order valence-electron chi connectivity index (χ4n) is 2.93. The first-order valence-corrected chi connectivity index (χ1v) is 9.07. The van der Waals surface area contributed by atoms with Crippen molar-refractivity contribution in [3.05, 3.63) is 52.2 Å². The van der Waals surface area contributed by atoms with Crippen LogP contribution in [0.5, 0.6) is 0 Å². The van der Waals surface area contributed by atoms with Gasteiger partial charge in [-0.25, -0.2) is 14.8 Å². The molecule has 2 heterocycles. The summed E-state index contributed by atoms with van der Waals surface area (Å²) in [5.41, 5.74) is 3.30. The van der Waals surface area contributed by atoms with E-state index in [0.29, 0.717) is 11.5 Å². The topological polar surface area (TPSA) is 64.1 Å². The van der Waals surface area contributed by atoms with E-state index >= 15 is 0 Å². The Kier molecular flexibility index (Phi) is 4.99. The molecule has 3 aromatic rings. The maximum atomic E-state index is 12.2. The number of esters is 1. The third kappa shape index (κ3) is 3.35. The first-order valence-electron chi connectivity index (χ1n) is 8.26. The standard InChI is InChI=1S/C19H21N3O2S/c1-5-24-19(23)16-12(3)15-17(20-10-21-18(15)25-16)22-13(4)14-9-7-6-8-11(14)2/h6-10,13H,5H2,1-4H3,(H,20,21,22). The molecular formula is C19H21N3O2S. The zero-order valence-corrected chi connectivity index (χ0v) is 15.6. The quantitative estimate of drug-likeness (QED) is 0.675. The van der Waals surface area contributed by atoms with Gasteiger partial charge in [0.05, 0.1) is 18.0 Å². The Bertz CT molecular complexity index is 920. The Morgan fingerprint density at radius 2 is 2.04 bits per heavy atom. The molecule has 0 spiro atoms. The fourth-order valence-corrected chi connectivity index (χ4v) is 3.97. The highest BCUT2D eigenvalue weighted by molar-refractivity contribution is 7.20. The Morgan fingerprint density at radius 1 is 1.28 bits per heavy atom. The molecule has 5 nitrogen and oxygen atoms in total. The second-order valence-electron chi connectivity index (χ2n) is 5.90. The summed E-state index contributed by atoms with van der Waals surface area (Å²) in [5.74, 6) is 0.436. The highest BCUT2D eigenvalue weighted by Gasteiger charge is 2.21. The van der Waals surface area contributed by atoms with Gasteiger partial charge in [-0.05, 0) is 44.4 Å². The summed E-state index contributed by atoms with van der Waals surface area (Å²) in [4.78, 5) is 22.3. The van der Waals surface area contributed by atoms with Crippen molar-refractivity contribution in [1.29, 1.82) is 0 Å². The van der Waals surface area contributed by atoms with Gasteiger partial charge in [-0.2, -0.15) is 0 Å². The average Bonchev–Trinajstić information content (AvgIpc) is 2.93. The molecule has 3 rings (SSSR count). The summed E-state index contributed by atoms with van der Waals surface area (Å²) in [6, 6.07) is 8.35. The zero-order valence-electron chi connectivity index (χ0n) is 14.8. The summed E-state index contributed by atoms with van der Waals surface area (Å²) >= 11 is 1.35. The largest absolute Gasteiger partial charge is 0.462 e. The number of hydrogen-bond acceptors (Lipinski definition) is 6. The molecule has 1 aromatic carbocycles. The second kappa shape index (κ2) is 7.19. The van der Waals surface area contributed by atoms with Crippen molar-refractivity contribution in [2.24, 2.45) is 0 Å². The van der Waals surface area contributed by atoms with Crippen LogP contribution in [0.25, 0.3) is 10.2 Å². The minimum atomic E-state index is -0.305. The zero-order chi connectivity index (χ0) is 18.0. The predicted octanol–water partition coefficient (Wildman–Crippen LogP) is 4.66. The van der Waals surface area contributed by atoms with Crippen LogP contribution in [0.15, 0.2) is 30.6 Å². The van der Waals surface area contributed by atoms with Crippen LogP contribution in [0, 0.1) is 13.8 Å². The first-order chi connectivity index (χ1) is 12.0. The molecule has 0 aliphatic heterocycles. The molecule has 1 unspecified atom stereocenters. The van der Waals surface area contributed by atoms with Gasteiger partial charge in [0.25, 0.3) is 0 Å². The number of fused-ring (bicyclic) bond motifs is 1. The van der Waals surface area contributed by atoms with Crippen molar-refractivity contribution >= 4 is 33.3 Å². The van der Waals surface area contributed by atoms with Crippen molar-refractivity contribution in [1.82, 2.24) is 9.97 Å². The third-order valence-electron chi connectivity index (χ3n) is 4.20. The fraction of sp³-hybridized carbons (Fsp3) is 0.316. The normalized spacial score (nSPS) is 12.2. The van der Waals surface area contributed by atoms with Crippen molar-refractivity contribution < 1.29 is 9.53 Å². The lowest BCUT2D eigenvalue weighted by Crippen LogP contribution is -2.10. The molecule has 2 aromatic heterocycles. The number of hydrogen-bond donors (Lipinski definition) is 1. The molecule has 6 heteroatoms. The van der Waals surface area contributed by atoms with E-state index in [1.165, 1.54) is 28.8 Å². The molecule has 0 saturated carbocycles. The number of aromatic nitrogens is 2. The van der Waals surface area contributed by atoms with Crippen molar-refractivity contribution in [3.8, 4) is 0 Å². The van der Waals surface area contributed by atoms with Crippen molar-refractivity contribution in [3.63, 3.8) is 0 Å². The molecule has 130 valence electrons. The van der Waals surface area contributed by atoms with E-state index in [1.807, 2.05) is 19.1 Å². The van der Waals surface area contributed by atoms with Crippen molar-refractivity contribution in [2.45, 2.75) is 33.7 Å². The molecule has 1 atom stereocenters. The van der Waals surface area contributed by atoms with Crippen LogP contribution < -0.4 is 5.32 Å². The minimum absolute atomic E-state index is 0.0876. The molecule has 0 aliphatic carbocycles. The molecule has 25 heavy (non-hydrogen) atoms. The van der Waals surface area contributed by atoms with E-state index in [1.54, 1.807) is 6.92 Å². The maximum absolute atomic E-state index is 12.2. The predicted molar refractivity (Wildman–Crippen MR) is 101 cm³/mol. The Balaban J connectivity index is 1.99. The summed E-state index contributed by atoms with van der Waals surface area (Å²) in [6.07, 6.45) is 1.53. The van der Waals surface area contributed by atoms with Crippen LogP contribution >= 0.6 is 11.3 Å². The lowest BCUT2D eigenvalue weighted by Gasteiger charge is -2.17. The third-order valence-corrected chi connectivity index (χ3v) is 5.38. The van der Waals surface area contributed by atoms with Crippen LogP contribution in [0.3, 0.4) is 0 Å². The lowest BCUT2D eigenvalue weighted by molar-refractivity contribution is 0.0531. The number of carbonyl (C=O) groups excluding carboxylic acids is 1. The maximum Gasteiger partial charge on any atom is 0.348 e. The summed E-state index contributed by atoms with van der Waals surface area (Å²) in [6.45, 7) is 8.27. The van der Waals surface area contributed by atoms with Gasteiger partial charge in [-0.15, -0.1) is 11.3 Å². The van der Waals surface area contributed by atoms with Crippen LogP contribution in [0.4, 0.5) is 5.82 Å². The number of benzene rings is 1. The lowest BCUT2D eigenvalue weighted by atomic mass is 10.0. The molecule has 0 fully saturated rings.